The average molecular weight is 588 g/mol. The number of aryl methyl sites for hydroxylation is 1. The van der Waals surface area contributed by atoms with Crippen molar-refractivity contribution in [3.63, 3.8) is 0 Å². The molecule has 3 rings (SSSR count). The first-order valence-electron chi connectivity index (χ1n) is 14.9. The Morgan fingerprint density at radius 1 is 0.744 bits per heavy atom. The van der Waals surface area contributed by atoms with Gasteiger partial charge in [0.2, 0.25) is 5.91 Å². The maximum Gasteiger partial charge on any atom is 0.407 e. The van der Waals surface area contributed by atoms with Crippen molar-refractivity contribution in [1.29, 1.82) is 0 Å². The van der Waals surface area contributed by atoms with E-state index in [0.29, 0.717) is 44.6 Å². The summed E-state index contributed by atoms with van der Waals surface area (Å²) in [6.45, 7) is 6.53. The van der Waals surface area contributed by atoms with E-state index in [9.17, 15) is 14.4 Å². The summed E-state index contributed by atoms with van der Waals surface area (Å²) in [6.07, 6.45) is 2.03. The van der Waals surface area contributed by atoms with E-state index in [2.05, 4.69) is 38.7 Å². The van der Waals surface area contributed by atoms with E-state index in [1.54, 1.807) is 0 Å². The van der Waals surface area contributed by atoms with Gasteiger partial charge in [0, 0.05) is 31.4 Å². The molecule has 0 spiro atoms. The molecule has 230 valence electrons. The number of carbonyl (C=O) groups is 3. The number of hydrogen-bond acceptors (Lipinski definition) is 5. The zero-order valence-electron chi connectivity index (χ0n) is 25.4. The van der Waals surface area contributed by atoms with E-state index in [0.717, 1.165) is 12.0 Å². The number of urea groups is 1. The first kappa shape index (κ1) is 33.1. The number of carbonyl (C=O) groups excluding carboxylic acids is 3. The number of benzene rings is 3. The van der Waals surface area contributed by atoms with Gasteiger partial charge in [-0.3, -0.25) is 4.79 Å². The number of hydrogen-bond donors (Lipinski definition) is 5. The topological polar surface area (TPSA) is 121 Å². The predicted octanol–water partition coefficient (Wildman–Crippen LogP) is 5.39. The lowest BCUT2D eigenvalue weighted by molar-refractivity contribution is -0.123. The smallest absolute Gasteiger partial charge is 0.407 e. The first-order chi connectivity index (χ1) is 20.7. The highest BCUT2D eigenvalue weighted by Gasteiger charge is 2.23. The number of rotatable bonds is 15. The Bertz CT molecular complexity index is 1250. The largest absolute Gasteiger partial charge is 0.444 e. The molecule has 0 radical (unpaired) electrons. The maximum atomic E-state index is 13.4. The lowest BCUT2D eigenvalue weighted by atomic mass is 10.0. The van der Waals surface area contributed by atoms with Gasteiger partial charge in [0.1, 0.15) is 5.60 Å². The normalized spacial score (nSPS) is 12.4. The second-order valence-corrected chi connectivity index (χ2v) is 11.4. The van der Waals surface area contributed by atoms with Crippen LogP contribution in [0, 0.1) is 0 Å². The standard InChI is InChI=1S/C34H45N5O4/c1-34(2,3)43-33(42)35-23-13-20-30(31(40)36-24-27-16-9-5-10-17-27)38-29(22-21-26-14-7-4-8-15-26)25-37-32(41)39-28-18-11-6-12-19-28/h4-12,14-19,29-30,38H,13,20-25H2,1-3H3,(H,35,42)(H,36,40)(H2,37,39,41)/t29-,30-/m0/s1. The second-order valence-electron chi connectivity index (χ2n) is 11.4. The van der Waals surface area contributed by atoms with E-state index >= 15 is 0 Å². The zero-order chi connectivity index (χ0) is 30.9. The molecule has 0 aliphatic rings. The van der Waals surface area contributed by atoms with Gasteiger partial charge < -0.3 is 31.3 Å². The number of para-hydroxylation sites is 1. The predicted molar refractivity (Wildman–Crippen MR) is 171 cm³/mol. The van der Waals surface area contributed by atoms with Crippen LogP contribution in [0.1, 0.15) is 51.2 Å². The SMILES string of the molecule is CC(C)(C)OC(=O)NCCC[C@H](N[C@@H](CCc1ccccc1)CNC(=O)Nc1ccccc1)C(=O)NCc1ccccc1. The molecule has 0 unspecified atom stereocenters. The molecule has 0 aromatic heterocycles. The van der Waals surface area contributed by atoms with Gasteiger partial charge in [-0.15, -0.1) is 0 Å². The molecule has 0 heterocycles. The molecule has 0 fully saturated rings. The Hall–Kier alpha value is -4.37. The van der Waals surface area contributed by atoms with E-state index in [1.807, 2.05) is 99.6 Å². The van der Waals surface area contributed by atoms with Gasteiger partial charge in [-0.1, -0.05) is 78.9 Å². The zero-order valence-corrected chi connectivity index (χ0v) is 25.4. The average Bonchev–Trinajstić information content (AvgIpc) is 2.99. The van der Waals surface area contributed by atoms with Crippen LogP contribution >= 0.6 is 0 Å². The Morgan fingerprint density at radius 3 is 1.98 bits per heavy atom. The number of anilines is 1. The number of nitrogens with one attached hydrogen (secondary N) is 5. The molecule has 2 atom stereocenters. The molecule has 0 saturated carbocycles. The van der Waals surface area contributed by atoms with Crippen molar-refractivity contribution < 1.29 is 19.1 Å². The molecule has 43 heavy (non-hydrogen) atoms. The Balaban J connectivity index is 1.65. The lowest BCUT2D eigenvalue weighted by Crippen LogP contribution is -2.52. The molecule has 9 heteroatoms. The molecule has 0 aliphatic carbocycles. The Morgan fingerprint density at radius 2 is 1.35 bits per heavy atom. The van der Waals surface area contributed by atoms with Gasteiger partial charge in [-0.2, -0.15) is 0 Å². The molecular formula is C34H45N5O4. The fourth-order valence-electron chi connectivity index (χ4n) is 4.44. The third-order valence-corrected chi connectivity index (χ3v) is 6.57. The Labute approximate surface area is 255 Å². The van der Waals surface area contributed by atoms with Crippen molar-refractivity contribution >= 4 is 23.7 Å². The second kappa shape index (κ2) is 17.6. The molecule has 0 saturated heterocycles. The minimum absolute atomic E-state index is 0.139. The summed E-state index contributed by atoms with van der Waals surface area (Å²) >= 11 is 0. The van der Waals surface area contributed by atoms with Crippen LogP contribution in [0.5, 0.6) is 0 Å². The summed E-state index contributed by atoms with van der Waals surface area (Å²) in [4.78, 5) is 38.2. The van der Waals surface area contributed by atoms with Crippen molar-refractivity contribution in [3.05, 3.63) is 102 Å². The molecule has 5 N–H and O–H groups in total. The van der Waals surface area contributed by atoms with E-state index in [4.69, 9.17) is 4.74 Å². The summed E-state index contributed by atoms with van der Waals surface area (Å²) in [7, 11) is 0. The van der Waals surface area contributed by atoms with Gasteiger partial charge in [-0.05, 0) is 69.7 Å². The summed E-state index contributed by atoms with van der Waals surface area (Å²) < 4.78 is 5.32. The van der Waals surface area contributed by atoms with Gasteiger partial charge in [0.25, 0.3) is 0 Å². The third-order valence-electron chi connectivity index (χ3n) is 6.57. The molecule has 0 bridgehead atoms. The van der Waals surface area contributed by atoms with Crippen molar-refractivity contribution in [2.45, 2.75) is 70.7 Å². The van der Waals surface area contributed by atoms with Gasteiger partial charge in [0.15, 0.2) is 0 Å². The summed E-state index contributed by atoms with van der Waals surface area (Å²) in [6, 6.07) is 28.1. The van der Waals surface area contributed by atoms with Crippen LogP contribution < -0.4 is 26.6 Å². The fraction of sp³-hybridized carbons (Fsp3) is 0.382. The fourth-order valence-corrected chi connectivity index (χ4v) is 4.44. The van der Waals surface area contributed by atoms with Gasteiger partial charge >= 0.3 is 12.1 Å². The van der Waals surface area contributed by atoms with Crippen LogP contribution in [-0.2, 0) is 22.5 Å². The van der Waals surface area contributed by atoms with Crippen LogP contribution in [0.25, 0.3) is 0 Å². The van der Waals surface area contributed by atoms with Crippen LogP contribution in [0.2, 0.25) is 0 Å². The molecule has 3 aromatic carbocycles. The van der Waals surface area contributed by atoms with Crippen molar-refractivity contribution in [2.75, 3.05) is 18.4 Å². The molecule has 9 nitrogen and oxygen atoms in total. The number of amides is 4. The molecular weight excluding hydrogens is 542 g/mol. The van der Waals surface area contributed by atoms with E-state index in [1.165, 1.54) is 5.56 Å². The number of ether oxygens (including phenoxy) is 1. The lowest BCUT2D eigenvalue weighted by Gasteiger charge is -2.26. The van der Waals surface area contributed by atoms with Crippen LogP contribution in [0.15, 0.2) is 91.0 Å². The van der Waals surface area contributed by atoms with Crippen molar-refractivity contribution in [2.24, 2.45) is 0 Å². The van der Waals surface area contributed by atoms with Crippen LogP contribution in [-0.4, -0.2) is 48.8 Å². The quantitative estimate of drug-likeness (QED) is 0.153. The maximum absolute atomic E-state index is 13.4. The molecule has 0 aliphatic heterocycles. The van der Waals surface area contributed by atoms with Crippen molar-refractivity contribution in [1.82, 2.24) is 21.3 Å². The highest BCUT2D eigenvalue weighted by atomic mass is 16.6. The minimum atomic E-state index is -0.586. The highest BCUT2D eigenvalue weighted by Crippen LogP contribution is 2.10. The van der Waals surface area contributed by atoms with E-state index in [-0.39, 0.29) is 18.0 Å². The van der Waals surface area contributed by atoms with Gasteiger partial charge in [0.05, 0.1) is 6.04 Å². The minimum Gasteiger partial charge on any atom is -0.444 e. The summed E-state index contributed by atoms with van der Waals surface area (Å²) in [5, 5.41) is 15.1. The van der Waals surface area contributed by atoms with Crippen LogP contribution in [0.3, 0.4) is 0 Å². The summed E-state index contributed by atoms with van der Waals surface area (Å²) in [5.74, 6) is -0.139. The third kappa shape index (κ3) is 13.9. The van der Waals surface area contributed by atoms with Crippen LogP contribution in [0.4, 0.5) is 15.3 Å². The first-order valence-corrected chi connectivity index (χ1v) is 14.9. The van der Waals surface area contributed by atoms with E-state index < -0.39 is 17.7 Å². The highest BCUT2D eigenvalue weighted by molar-refractivity contribution is 5.89. The van der Waals surface area contributed by atoms with Gasteiger partial charge in [-0.25, -0.2) is 9.59 Å². The molecule has 3 aromatic rings. The summed E-state index contributed by atoms with van der Waals surface area (Å²) in [5.41, 5.74) is 2.29. The van der Waals surface area contributed by atoms with Crippen molar-refractivity contribution in [3.8, 4) is 0 Å². The monoisotopic (exact) mass is 587 g/mol. The molecule has 4 amide bonds. The number of alkyl carbamates (subject to hydrolysis) is 1. The Kier molecular flexibility index (Phi) is 13.5.